The van der Waals surface area contributed by atoms with Gasteiger partial charge in [-0.25, -0.2) is 0 Å². The van der Waals surface area contributed by atoms with E-state index in [0.29, 0.717) is 0 Å². The van der Waals surface area contributed by atoms with Crippen LogP contribution < -0.4 is 4.74 Å². The van der Waals surface area contributed by atoms with Crippen LogP contribution in [0.2, 0.25) is 0 Å². The van der Waals surface area contributed by atoms with E-state index in [1.807, 2.05) is 24.3 Å². The molecule has 0 heterocycles. The highest BCUT2D eigenvalue weighted by atomic mass is 16.5. The summed E-state index contributed by atoms with van der Waals surface area (Å²) in [5.41, 5.74) is 0.904. The number of aliphatic hydroxyl groups excluding tert-OH is 1. The lowest BCUT2D eigenvalue weighted by molar-refractivity contribution is 0.281. The van der Waals surface area contributed by atoms with Gasteiger partial charge in [0.25, 0.3) is 0 Å². The number of hydrogen-bond donors (Lipinski definition) is 1. The second kappa shape index (κ2) is 3.22. The molecule has 0 unspecified atom stereocenters. The molecule has 1 aromatic carbocycles. The third-order valence-corrected chi connectivity index (χ3v) is 1.34. The summed E-state index contributed by atoms with van der Waals surface area (Å²) in [5.74, 6) is 0.817. The maximum absolute atomic E-state index is 8.66. The predicted octanol–water partition coefficient (Wildman–Crippen LogP) is 1.19. The molecule has 0 saturated heterocycles. The molecule has 0 bridgehead atoms. The Morgan fingerprint density at radius 3 is 2.30 bits per heavy atom. The van der Waals surface area contributed by atoms with Crippen LogP contribution in [-0.2, 0) is 6.61 Å². The van der Waals surface area contributed by atoms with Crippen molar-refractivity contribution in [3.8, 4) is 5.75 Å². The van der Waals surface area contributed by atoms with Crippen LogP contribution in [0.3, 0.4) is 0 Å². The molecule has 1 N–H and O–H groups in total. The molecule has 1 aromatic rings. The fraction of sp³-hybridized carbons (Fsp3) is 0.250. The van der Waals surface area contributed by atoms with Crippen LogP contribution in [0.25, 0.3) is 0 Å². The minimum absolute atomic E-state index is 0.0873. The fourth-order valence-electron chi connectivity index (χ4n) is 0.731. The topological polar surface area (TPSA) is 29.5 Å². The van der Waals surface area contributed by atoms with Gasteiger partial charge in [0.05, 0.1) is 13.7 Å². The highest BCUT2D eigenvalue weighted by molar-refractivity contribution is 5.26. The largest absolute Gasteiger partial charge is 0.497 e. The Kier molecular flexibility index (Phi) is 2.29. The highest BCUT2D eigenvalue weighted by Crippen LogP contribution is 2.10. The summed E-state index contributed by atoms with van der Waals surface area (Å²) in [5, 5.41) is 8.66. The Balaban J connectivity index is 2.80. The Hall–Kier alpha value is -1.02. The van der Waals surface area contributed by atoms with Crippen LogP contribution in [0.4, 0.5) is 0 Å². The van der Waals surface area contributed by atoms with Gasteiger partial charge in [-0.1, -0.05) is 12.1 Å². The number of aliphatic hydroxyl groups is 1. The Morgan fingerprint density at radius 2 is 1.90 bits per heavy atom. The number of rotatable bonds is 2. The van der Waals surface area contributed by atoms with Crippen molar-refractivity contribution in [3.05, 3.63) is 29.8 Å². The molecule has 0 aliphatic heterocycles. The van der Waals surface area contributed by atoms with Gasteiger partial charge in [-0.15, -0.1) is 0 Å². The monoisotopic (exact) mass is 145 g/mol. The van der Waals surface area contributed by atoms with Gasteiger partial charge in [0.1, 0.15) is 5.75 Å². The normalized spacial score (nSPS) is 9.40. The van der Waals surface area contributed by atoms with E-state index >= 15 is 0 Å². The minimum atomic E-state index is 0.0873. The van der Waals surface area contributed by atoms with Crippen molar-refractivity contribution in [2.24, 2.45) is 0 Å². The van der Waals surface area contributed by atoms with Crippen molar-refractivity contribution in [1.82, 2.24) is 0 Å². The summed E-state index contributed by atoms with van der Waals surface area (Å²) in [6.45, 7) is 0.0873. The minimum Gasteiger partial charge on any atom is -0.497 e. The van der Waals surface area contributed by atoms with E-state index in [1.54, 1.807) is 7.11 Å². The van der Waals surface area contributed by atoms with Crippen LogP contribution in [-0.4, -0.2) is 12.2 Å². The van der Waals surface area contributed by atoms with Gasteiger partial charge in [0.2, 0.25) is 0 Å². The molecule has 0 aromatic heterocycles. The van der Waals surface area contributed by atoms with Crippen molar-refractivity contribution in [1.29, 1.82) is 0 Å². The first-order valence-electron chi connectivity index (χ1n) is 3.10. The highest BCUT2D eigenvalue weighted by Gasteiger charge is 1.89. The molecule has 0 spiro atoms. The SMILES string of the molecule is CO[13c]1[13cH][13cH][13c]([13CH2]O)[13cH][13cH]1. The van der Waals surface area contributed by atoms with E-state index in [9.17, 15) is 0 Å². The van der Waals surface area contributed by atoms with E-state index in [2.05, 4.69) is 0 Å². The van der Waals surface area contributed by atoms with Crippen molar-refractivity contribution in [2.45, 2.75) is 6.61 Å². The van der Waals surface area contributed by atoms with E-state index < -0.39 is 0 Å². The third-order valence-electron chi connectivity index (χ3n) is 1.34. The van der Waals surface area contributed by atoms with Gasteiger partial charge < -0.3 is 9.84 Å². The van der Waals surface area contributed by atoms with Crippen molar-refractivity contribution in [2.75, 3.05) is 7.11 Å². The number of ether oxygens (including phenoxy) is 1. The molecule has 0 amide bonds. The molecule has 10 heavy (non-hydrogen) atoms. The van der Waals surface area contributed by atoms with E-state index in [1.165, 1.54) is 0 Å². The zero-order valence-corrected chi connectivity index (χ0v) is 5.87. The molecule has 1 rings (SSSR count). The Labute approximate surface area is 60.1 Å². The molecule has 0 aliphatic rings. The predicted molar refractivity (Wildman–Crippen MR) is 38.9 cm³/mol. The molecule has 0 atom stereocenters. The smallest absolute Gasteiger partial charge is 0.118 e. The molecule has 2 nitrogen and oxygen atoms in total. The Morgan fingerprint density at radius 1 is 1.30 bits per heavy atom. The molecule has 0 aliphatic carbocycles. The first kappa shape index (κ1) is 7.09. The standard InChI is InChI=1S/C8H10O2/c1-10-8-4-2-7(6-9)3-5-8/h2-5,9H,6H2,1H3/i2+1,3+1,4+1,5+1,6+1,7+1,8+1. The average Bonchev–Trinajstić information content (AvgIpc) is 2.05. The lowest BCUT2D eigenvalue weighted by Crippen LogP contribution is -1.84. The molecule has 0 radical (unpaired) electrons. The summed E-state index contributed by atoms with van der Waals surface area (Å²) >= 11 is 0. The molecule has 0 saturated carbocycles. The fourth-order valence-corrected chi connectivity index (χ4v) is 0.731. The third kappa shape index (κ3) is 1.48. The van der Waals surface area contributed by atoms with E-state index in [0.717, 1.165) is 11.3 Å². The van der Waals surface area contributed by atoms with Crippen LogP contribution >= 0.6 is 0 Å². The van der Waals surface area contributed by atoms with Gasteiger partial charge in [-0.05, 0) is 17.7 Å². The van der Waals surface area contributed by atoms with Gasteiger partial charge >= 0.3 is 0 Å². The number of methoxy groups -OCH3 is 1. The summed E-state index contributed by atoms with van der Waals surface area (Å²) in [6.07, 6.45) is 0. The average molecular weight is 145 g/mol. The van der Waals surface area contributed by atoms with Crippen LogP contribution in [0, 0.1) is 0 Å². The zero-order valence-electron chi connectivity index (χ0n) is 5.87. The Bertz CT molecular complexity index is 168. The quantitative estimate of drug-likeness (QED) is 0.633. The van der Waals surface area contributed by atoms with Crippen molar-refractivity contribution < 1.29 is 9.84 Å². The second-order valence-corrected chi connectivity index (χ2v) is 2.01. The van der Waals surface area contributed by atoms with Gasteiger partial charge in [0, 0.05) is 0 Å². The second-order valence-electron chi connectivity index (χ2n) is 2.01. The van der Waals surface area contributed by atoms with Gasteiger partial charge in [0.15, 0.2) is 0 Å². The van der Waals surface area contributed by atoms with E-state index in [4.69, 9.17) is 9.84 Å². The molecule has 2 heteroatoms. The van der Waals surface area contributed by atoms with Crippen molar-refractivity contribution >= 4 is 0 Å². The number of benzene rings is 1. The molecule has 54 valence electrons. The molecule has 0 fully saturated rings. The lowest BCUT2D eigenvalue weighted by Gasteiger charge is -1.98. The summed E-state index contributed by atoms with van der Waals surface area (Å²) in [6, 6.07) is 7.31. The van der Waals surface area contributed by atoms with Crippen LogP contribution in [0.5, 0.6) is 5.75 Å². The van der Waals surface area contributed by atoms with Crippen molar-refractivity contribution in [3.63, 3.8) is 0 Å². The summed E-state index contributed by atoms with van der Waals surface area (Å²) in [7, 11) is 1.62. The lowest BCUT2D eigenvalue weighted by atomic mass is 11.2. The molecular formula is C8H10O2. The van der Waals surface area contributed by atoms with Crippen LogP contribution in [0.15, 0.2) is 24.3 Å². The first-order valence-corrected chi connectivity index (χ1v) is 3.10. The summed E-state index contributed by atoms with van der Waals surface area (Å²) in [4.78, 5) is 0. The van der Waals surface area contributed by atoms with Crippen LogP contribution in [0.1, 0.15) is 5.56 Å². The summed E-state index contributed by atoms with van der Waals surface area (Å²) < 4.78 is 4.93. The maximum Gasteiger partial charge on any atom is 0.118 e. The first-order chi connectivity index (χ1) is 4.86. The van der Waals surface area contributed by atoms with Gasteiger partial charge in [-0.2, -0.15) is 0 Å². The molecular weight excluding hydrogens is 135 g/mol. The maximum atomic E-state index is 8.66. The zero-order chi connectivity index (χ0) is 7.40. The number of hydrogen-bond acceptors (Lipinski definition) is 2. The van der Waals surface area contributed by atoms with Gasteiger partial charge in [-0.3, -0.25) is 0 Å². The van der Waals surface area contributed by atoms with E-state index in [-0.39, 0.29) is 6.61 Å².